The van der Waals surface area contributed by atoms with E-state index in [1.807, 2.05) is 24.3 Å². The summed E-state index contributed by atoms with van der Waals surface area (Å²) in [6, 6.07) is 8.96. The monoisotopic (exact) mass is 315 g/mol. The highest BCUT2D eigenvalue weighted by molar-refractivity contribution is 5.71. The number of hydrogen-bond donors (Lipinski definition) is 2. The molecule has 0 spiro atoms. The lowest BCUT2D eigenvalue weighted by molar-refractivity contribution is -0.00713. The Balaban J connectivity index is 1.99. The highest BCUT2D eigenvalue weighted by atomic mass is 16.5. The van der Waals surface area contributed by atoms with E-state index in [1.165, 1.54) is 16.8 Å². The number of aliphatic hydroxyl groups is 1. The van der Waals surface area contributed by atoms with Gasteiger partial charge in [-0.05, 0) is 35.4 Å². The van der Waals surface area contributed by atoms with Gasteiger partial charge in [0.05, 0.1) is 13.7 Å². The number of ether oxygens (including phenoxy) is 2. The topological polar surface area (TPSA) is 99.6 Å². The number of aromatic nitrogens is 2. The van der Waals surface area contributed by atoms with Crippen LogP contribution in [0.2, 0.25) is 0 Å². The van der Waals surface area contributed by atoms with Gasteiger partial charge in [-0.2, -0.15) is 4.98 Å². The van der Waals surface area contributed by atoms with Crippen LogP contribution in [0.4, 0.5) is 5.82 Å². The smallest absolute Gasteiger partial charge is 0.351 e. The van der Waals surface area contributed by atoms with Gasteiger partial charge >= 0.3 is 5.69 Å². The lowest BCUT2D eigenvalue weighted by atomic mass is 10.0. The number of nitrogens with zero attached hydrogens (tertiary/aromatic N) is 2. The van der Waals surface area contributed by atoms with Gasteiger partial charge < -0.3 is 20.3 Å². The molecule has 0 saturated heterocycles. The Morgan fingerprint density at radius 3 is 2.96 bits per heavy atom. The van der Waals surface area contributed by atoms with Gasteiger partial charge in [0, 0.05) is 6.20 Å². The van der Waals surface area contributed by atoms with Crippen molar-refractivity contribution in [3.8, 4) is 5.75 Å². The third-order valence-electron chi connectivity index (χ3n) is 3.67. The number of nitrogen functional groups attached to an aromatic ring is 1. The van der Waals surface area contributed by atoms with E-state index in [4.69, 9.17) is 15.2 Å². The molecule has 1 aromatic heterocycles. The van der Waals surface area contributed by atoms with Crippen molar-refractivity contribution in [1.29, 1.82) is 0 Å². The summed E-state index contributed by atoms with van der Waals surface area (Å²) in [5.41, 5.74) is 6.65. The fourth-order valence-electron chi connectivity index (χ4n) is 2.53. The zero-order valence-electron chi connectivity index (χ0n) is 12.5. The van der Waals surface area contributed by atoms with Crippen LogP contribution in [0.15, 0.2) is 47.4 Å². The van der Waals surface area contributed by atoms with E-state index in [0.29, 0.717) is 5.75 Å². The number of anilines is 1. The first-order valence-corrected chi connectivity index (χ1v) is 7.09. The van der Waals surface area contributed by atoms with Gasteiger partial charge in [-0.25, -0.2) is 4.79 Å². The van der Waals surface area contributed by atoms with Crippen molar-refractivity contribution in [2.75, 3.05) is 19.5 Å². The predicted molar refractivity (Wildman–Crippen MR) is 84.9 cm³/mol. The standard InChI is InChI=1S/C16H17N3O4/c1-22-11-4-2-3-10(7-11)12-8-15(23-13(12)9-20)19-6-5-14(17)18-16(19)21/h2-8,13,15,20H,9H2,1H3,(H2,17,18,21)/t13-,15-/m1/s1. The Morgan fingerprint density at radius 1 is 1.43 bits per heavy atom. The van der Waals surface area contributed by atoms with E-state index < -0.39 is 18.0 Å². The minimum atomic E-state index is -0.644. The average Bonchev–Trinajstić information content (AvgIpc) is 2.99. The van der Waals surface area contributed by atoms with Crippen molar-refractivity contribution in [3.05, 3.63) is 58.7 Å². The van der Waals surface area contributed by atoms with Crippen molar-refractivity contribution in [3.63, 3.8) is 0 Å². The lowest BCUT2D eigenvalue weighted by Crippen LogP contribution is -2.28. The van der Waals surface area contributed by atoms with Crippen molar-refractivity contribution in [2.45, 2.75) is 12.3 Å². The molecule has 2 atom stereocenters. The Morgan fingerprint density at radius 2 is 2.26 bits per heavy atom. The predicted octanol–water partition coefficient (Wildman–Crippen LogP) is 0.807. The summed E-state index contributed by atoms with van der Waals surface area (Å²) in [4.78, 5) is 15.6. The van der Waals surface area contributed by atoms with Gasteiger partial charge in [-0.15, -0.1) is 0 Å². The quantitative estimate of drug-likeness (QED) is 0.866. The molecule has 0 aliphatic carbocycles. The van der Waals surface area contributed by atoms with E-state index in [9.17, 15) is 9.90 Å². The Labute approximate surface area is 132 Å². The van der Waals surface area contributed by atoms with Crippen LogP contribution in [0.5, 0.6) is 5.75 Å². The van der Waals surface area contributed by atoms with Gasteiger partial charge in [0.25, 0.3) is 0 Å². The normalized spacial score (nSPS) is 20.3. The largest absolute Gasteiger partial charge is 0.497 e. The highest BCUT2D eigenvalue weighted by Gasteiger charge is 2.29. The van der Waals surface area contributed by atoms with Crippen molar-refractivity contribution >= 4 is 11.4 Å². The van der Waals surface area contributed by atoms with E-state index >= 15 is 0 Å². The number of benzene rings is 1. The lowest BCUT2D eigenvalue weighted by Gasteiger charge is -2.16. The van der Waals surface area contributed by atoms with Crippen LogP contribution in [0.3, 0.4) is 0 Å². The number of hydrogen-bond acceptors (Lipinski definition) is 6. The summed E-state index contributed by atoms with van der Waals surface area (Å²) in [5.74, 6) is 0.856. The molecule has 2 heterocycles. The maximum Gasteiger partial charge on any atom is 0.351 e. The van der Waals surface area contributed by atoms with Crippen LogP contribution >= 0.6 is 0 Å². The Hall–Kier alpha value is -2.64. The molecule has 0 fully saturated rings. The molecule has 0 unspecified atom stereocenters. The summed E-state index contributed by atoms with van der Waals surface area (Å²) in [7, 11) is 1.59. The molecule has 2 aromatic rings. The number of aliphatic hydroxyl groups excluding tert-OH is 1. The Bertz CT molecular complexity index is 800. The third-order valence-corrected chi connectivity index (χ3v) is 3.67. The van der Waals surface area contributed by atoms with E-state index in [0.717, 1.165) is 11.1 Å². The van der Waals surface area contributed by atoms with Crippen LogP contribution in [-0.2, 0) is 4.74 Å². The van der Waals surface area contributed by atoms with Crippen LogP contribution in [-0.4, -0.2) is 34.5 Å². The summed E-state index contributed by atoms with van der Waals surface area (Å²) in [6.45, 7) is -0.198. The summed E-state index contributed by atoms with van der Waals surface area (Å²) >= 11 is 0. The molecule has 0 radical (unpaired) electrons. The van der Waals surface area contributed by atoms with Crippen LogP contribution in [0.25, 0.3) is 5.57 Å². The van der Waals surface area contributed by atoms with Gasteiger partial charge in [-0.3, -0.25) is 4.57 Å². The molecule has 0 bridgehead atoms. The fourth-order valence-corrected chi connectivity index (χ4v) is 2.53. The molecular formula is C16H17N3O4. The minimum absolute atomic E-state index is 0.153. The second kappa shape index (κ2) is 6.23. The maximum absolute atomic E-state index is 11.9. The molecule has 3 N–H and O–H groups in total. The molecule has 7 heteroatoms. The zero-order chi connectivity index (χ0) is 16.4. The maximum atomic E-state index is 11.9. The number of rotatable bonds is 4. The second-order valence-corrected chi connectivity index (χ2v) is 5.09. The molecule has 3 rings (SSSR count). The van der Waals surface area contributed by atoms with Crippen LogP contribution in [0.1, 0.15) is 11.8 Å². The van der Waals surface area contributed by atoms with E-state index in [1.54, 1.807) is 13.2 Å². The molecule has 0 amide bonds. The number of nitrogens with two attached hydrogens (primary N) is 1. The molecule has 1 aliphatic rings. The molecule has 23 heavy (non-hydrogen) atoms. The molecule has 0 saturated carbocycles. The average molecular weight is 315 g/mol. The van der Waals surface area contributed by atoms with E-state index in [2.05, 4.69) is 4.98 Å². The van der Waals surface area contributed by atoms with Gasteiger partial charge in [0.2, 0.25) is 0 Å². The second-order valence-electron chi connectivity index (χ2n) is 5.09. The minimum Gasteiger partial charge on any atom is -0.497 e. The molecular weight excluding hydrogens is 298 g/mol. The number of methoxy groups -OCH3 is 1. The molecule has 7 nitrogen and oxygen atoms in total. The van der Waals surface area contributed by atoms with Crippen molar-refractivity contribution in [1.82, 2.24) is 9.55 Å². The summed E-state index contributed by atoms with van der Waals surface area (Å²) < 4.78 is 12.3. The highest BCUT2D eigenvalue weighted by Crippen LogP contribution is 2.34. The molecule has 1 aliphatic heterocycles. The van der Waals surface area contributed by atoms with Crippen LogP contribution < -0.4 is 16.2 Å². The van der Waals surface area contributed by atoms with Crippen LogP contribution in [0, 0.1) is 0 Å². The summed E-state index contributed by atoms with van der Waals surface area (Å²) in [5, 5.41) is 9.58. The molecule has 120 valence electrons. The van der Waals surface area contributed by atoms with Crippen molar-refractivity contribution < 1.29 is 14.6 Å². The Kier molecular flexibility index (Phi) is 4.14. The van der Waals surface area contributed by atoms with E-state index in [-0.39, 0.29) is 12.4 Å². The van der Waals surface area contributed by atoms with Crippen molar-refractivity contribution in [2.24, 2.45) is 0 Å². The fraction of sp³-hybridized carbons (Fsp3) is 0.250. The molecule has 1 aromatic carbocycles. The van der Waals surface area contributed by atoms with Gasteiger partial charge in [-0.1, -0.05) is 12.1 Å². The summed E-state index contributed by atoms with van der Waals surface area (Å²) in [6.07, 6.45) is 2.13. The third kappa shape index (κ3) is 2.96. The first-order valence-electron chi connectivity index (χ1n) is 7.09. The zero-order valence-corrected chi connectivity index (χ0v) is 12.5. The SMILES string of the molecule is COc1cccc(C2=C[C@H](n3ccc(N)nc3=O)O[C@@H]2CO)c1. The first-order chi connectivity index (χ1) is 11.1. The first kappa shape index (κ1) is 15.3. The van der Waals surface area contributed by atoms with Gasteiger partial charge in [0.1, 0.15) is 17.7 Å². The van der Waals surface area contributed by atoms with Gasteiger partial charge in [0.15, 0.2) is 6.23 Å².